The van der Waals surface area contributed by atoms with Crippen molar-refractivity contribution in [1.29, 1.82) is 0 Å². The van der Waals surface area contributed by atoms with Crippen LogP contribution in [0.3, 0.4) is 0 Å². The summed E-state index contributed by atoms with van der Waals surface area (Å²) in [4.78, 5) is 0. The maximum atomic E-state index is 2.41. The minimum Gasteiger partial charge on any atom is -1.00 e. The van der Waals surface area contributed by atoms with Crippen LogP contribution in [0.25, 0.3) is 6.20 Å². The molecule has 1 heterocycles. The maximum Gasteiger partial charge on any atom is 0.261 e. The second kappa shape index (κ2) is 18.8. The second-order valence-electron chi connectivity index (χ2n) is 7.72. The van der Waals surface area contributed by atoms with Crippen LogP contribution in [0.5, 0.6) is 0 Å². The van der Waals surface area contributed by atoms with E-state index in [2.05, 4.69) is 54.6 Å². The van der Waals surface area contributed by atoms with Gasteiger partial charge in [0.15, 0.2) is 0 Å². The third kappa shape index (κ3) is 12.5. The van der Waals surface area contributed by atoms with E-state index < -0.39 is 0 Å². The molecule has 2 nitrogen and oxygen atoms in total. The van der Waals surface area contributed by atoms with Gasteiger partial charge in [-0.05, 0) is 32.3 Å². The highest BCUT2D eigenvalue weighted by Crippen LogP contribution is 2.11. The average Bonchev–Trinajstić information content (AvgIpc) is 3.05. The molecule has 1 rings (SSSR count). The van der Waals surface area contributed by atoms with Crippen LogP contribution in [0.4, 0.5) is 0 Å². The fourth-order valence-electron chi connectivity index (χ4n) is 3.64. The zero-order valence-electron chi connectivity index (χ0n) is 18.4. The first-order chi connectivity index (χ1) is 12.8. The summed E-state index contributed by atoms with van der Waals surface area (Å²) in [6, 6.07) is 0. The van der Waals surface area contributed by atoms with Gasteiger partial charge in [0.25, 0.3) is 5.82 Å². The fourth-order valence-corrected chi connectivity index (χ4v) is 3.64. The van der Waals surface area contributed by atoms with E-state index in [4.69, 9.17) is 0 Å². The number of imidazole rings is 1. The molecular weight excluding hydrogens is 396 g/mol. The molecule has 3 heteroatoms. The first-order valence-corrected chi connectivity index (χ1v) is 11.6. The molecule has 0 aliphatic heterocycles. The van der Waals surface area contributed by atoms with Crippen molar-refractivity contribution >= 4 is 6.20 Å². The van der Waals surface area contributed by atoms with Crippen LogP contribution >= 0.6 is 0 Å². The lowest BCUT2D eigenvalue weighted by molar-refractivity contribution is -0.700. The number of aromatic nitrogens is 2. The summed E-state index contributed by atoms with van der Waals surface area (Å²) in [5.74, 6) is 1.47. The van der Waals surface area contributed by atoms with Crippen LogP contribution in [0.2, 0.25) is 0 Å². The zero-order chi connectivity index (χ0) is 18.9. The Labute approximate surface area is 180 Å². The monoisotopic (exact) mass is 440 g/mol. The highest BCUT2D eigenvalue weighted by Gasteiger charge is 2.13. The van der Waals surface area contributed by atoms with Crippen molar-refractivity contribution in [2.45, 2.75) is 124 Å². The van der Waals surface area contributed by atoms with Crippen molar-refractivity contribution in [2.75, 3.05) is 0 Å². The predicted molar refractivity (Wildman–Crippen MR) is 115 cm³/mol. The number of unbranched alkanes of at least 4 members (excludes halogenated alkanes) is 12. The number of halogens is 1. The minimum absolute atomic E-state index is 0. The summed E-state index contributed by atoms with van der Waals surface area (Å²) in [6.07, 6.45) is 29.5. The molecule has 0 unspecified atom stereocenters. The molecule has 0 aliphatic rings. The molecule has 0 aromatic carbocycles. The van der Waals surface area contributed by atoms with Crippen LogP contribution in [0, 0.1) is 0 Å². The largest absolute Gasteiger partial charge is 1.00 e. The molecule has 1 aromatic heterocycles. The number of hydrogen-bond donors (Lipinski definition) is 0. The van der Waals surface area contributed by atoms with Crippen LogP contribution in [0.15, 0.2) is 18.5 Å². The quantitative estimate of drug-likeness (QED) is 0.252. The van der Waals surface area contributed by atoms with Crippen molar-refractivity contribution in [1.82, 2.24) is 4.57 Å². The van der Waals surface area contributed by atoms with Gasteiger partial charge in [-0.15, -0.1) is 0 Å². The molecule has 0 amide bonds. The highest BCUT2D eigenvalue weighted by atomic mass is 79.9. The third-order valence-corrected chi connectivity index (χ3v) is 5.37. The van der Waals surface area contributed by atoms with E-state index in [1.165, 1.54) is 102 Å². The molecule has 27 heavy (non-hydrogen) atoms. The summed E-state index contributed by atoms with van der Waals surface area (Å²) in [6.45, 7) is 7.89. The lowest BCUT2D eigenvalue weighted by atomic mass is 10.1. The molecule has 0 radical (unpaired) electrons. The fraction of sp³-hybridized carbons (Fsp3) is 0.792. The van der Waals surface area contributed by atoms with E-state index in [0.29, 0.717) is 0 Å². The van der Waals surface area contributed by atoms with Gasteiger partial charge in [-0.2, -0.15) is 0 Å². The van der Waals surface area contributed by atoms with Gasteiger partial charge in [0.2, 0.25) is 0 Å². The van der Waals surface area contributed by atoms with Gasteiger partial charge in [0.05, 0.1) is 12.7 Å². The van der Waals surface area contributed by atoms with Crippen molar-refractivity contribution in [3.05, 3.63) is 24.3 Å². The Hall–Kier alpha value is -0.570. The summed E-state index contributed by atoms with van der Waals surface area (Å²) < 4.78 is 4.76. The van der Waals surface area contributed by atoms with Gasteiger partial charge in [0, 0.05) is 6.42 Å². The smallest absolute Gasteiger partial charge is 0.261 e. The Bertz CT molecular complexity index is 465. The van der Waals surface area contributed by atoms with E-state index >= 15 is 0 Å². The van der Waals surface area contributed by atoms with E-state index in [0.717, 1.165) is 6.54 Å². The maximum absolute atomic E-state index is 2.41. The SMILES string of the molecule is CCCCCCCCC/C=C/n1cc[n+](CC)c1CCCCCCCC.[Br-]. The Morgan fingerprint density at radius 3 is 1.93 bits per heavy atom. The van der Waals surface area contributed by atoms with Gasteiger partial charge in [-0.3, -0.25) is 0 Å². The number of rotatable bonds is 17. The van der Waals surface area contributed by atoms with Crippen molar-refractivity contribution < 1.29 is 21.5 Å². The molecule has 0 bridgehead atoms. The molecule has 0 saturated heterocycles. The molecule has 0 aliphatic carbocycles. The van der Waals surface area contributed by atoms with Crippen LogP contribution in [0.1, 0.15) is 116 Å². The standard InChI is InChI=1S/C24H45N2.BrH/c1-4-7-9-11-13-14-15-17-19-21-26-23-22-25(6-3)24(26)20-18-16-12-10-8-5-2;/h19,21-23H,4-18,20H2,1-3H3;1H/q+1;/p-1/b21-19+;. The molecule has 0 spiro atoms. The van der Waals surface area contributed by atoms with Crippen LogP contribution < -0.4 is 21.5 Å². The number of allylic oxidation sites excluding steroid dienone is 1. The van der Waals surface area contributed by atoms with Gasteiger partial charge >= 0.3 is 0 Å². The summed E-state index contributed by atoms with van der Waals surface area (Å²) in [7, 11) is 0. The molecule has 0 atom stereocenters. The Kier molecular flexibility index (Phi) is 18.4. The van der Waals surface area contributed by atoms with Crippen LogP contribution in [-0.2, 0) is 13.0 Å². The third-order valence-electron chi connectivity index (χ3n) is 5.37. The Morgan fingerprint density at radius 2 is 1.33 bits per heavy atom. The van der Waals surface area contributed by atoms with Gasteiger partial charge < -0.3 is 17.0 Å². The minimum atomic E-state index is 0. The summed E-state index contributed by atoms with van der Waals surface area (Å²) in [5, 5.41) is 0. The molecule has 0 saturated carbocycles. The molecule has 0 fully saturated rings. The molecule has 158 valence electrons. The van der Waals surface area contributed by atoms with E-state index in [1.54, 1.807) is 0 Å². The average molecular weight is 442 g/mol. The van der Waals surface area contributed by atoms with Gasteiger partial charge in [-0.1, -0.05) is 84.5 Å². The van der Waals surface area contributed by atoms with Gasteiger partial charge in [0.1, 0.15) is 12.4 Å². The van der Waals surface area contributed by atoms with E-state index in [-0.39, 0.29) is 17.0 Å². The second-order valence-corrected chi connectivity index (χ2v) is 7.72. The number of nitrogens with zero attached hydrogens (tertiary/aromatic N) is 2. The van der Waals surface area contributed by atoms with Gasteiger partial charge in [-0.25, -0.2) is 9.13 Å². The Balaban J connectivity index is 0.00000676. The molecule has 0 N–H and O–H groups in total. The normalized spacial score (nSPS) is 11.2. The van der Waals surface area contributed by atoms with E-state index in [1.807, 2.05) is 0 Å². The van der Waals surface area contributed by atoms with Crippen molar-refractivity contribution in [3.8, 4) is 0 Å². The van der Waals surface area contributed by atoms with Crippen molar-refractivity contribution in [2.24, 2.45) is 0 Å². The molecule has 1 aromatic rings. The van der Waals surface area contributed by atoms with Crippen molar-refractivity contribution in [3.63, 3.8) is 0 Å². The topological polar surface area (TPSA) is 8.81 Å². The first kappa shape index (κ1) is 26.4. The number of hydrogen-bond acceptors (Lipinski definition) is 0. The first-order valence-electron chi connectivity index (χ1n) is 11.6. The van der Waals surface area contributed by atoms with E-state index in [9.17, 15) is 0 Å². The zero-order valence-corrected chi connectivity index (χ0v) is 20.0. The predicted octanol–water partition coefficient (Wildman–Crippen LogP) is 4.31. The lowest BCUT2D eigenvalue weighted by Crippen LogP contribution is -3.00. The van der Waals surface area contributed by atoms with Crippen LogP contribution in [-0.4, -0.2) is 4.57 Å². The Morgan fingerprint density at radius 1 is 0.778 bits per heavy atom. The summed E-state index contributed by atoms with van der Waals surface area (Å²) >= 11 is 0. The summed E-state index contributed by atoms with van der Waals surface area (Å²) in [5.41, 5.74) is 0. The number of aryl methyl sites for hydroxylation is 1. The lowest BCUT2D eigenvalue weighted by Gasteiger charge is -2.02. The molecular formula is C24H45BrN2. The highest BCUT2D eigenvalue weighted by molar-refractivity contribution is 5.22.